The van der Waals surface area contributed by atoms with Gasteiger partial charge in [0, 0.05) is 38.2 Å². The molecule has 0 saturated heterocycles. The van der Waals surface area contributed by atoms with Crippen LogP contribution in [0.15, 0.2) is 152 Å². The SMILES string of the molecule is c1ccc2sc(-c3ccc(-n4c5ccccc5c5cc(-n6c7ccccc7c7ccccc76)ccc54)c4ccccc34)nc2c1. The first-order valence-electron chi connectivity index (χ1n) is 15.2. The van der Waals surface area contributed by atoms with Crippen molar-refractivity contribution in [2.24, 2.45) is 0 Å². The Hall–Kier alpha value is -5.71. The van der Waals surface area contributed by atoms with Crippen molar-refractivity contribution < 1.29 is 0 Å². The Bertz CT molecular complexity index is 2690. The number of fused-ring (bicyclic) bond motifs is 8. The van der Waals surface area contributed by atoms with Crippen LogP contribution in [-0.2, 0) is 0 Å². The van der Waals surface area contributed by atoms with Crippen LogP contribution in [0.25, 0.3) is 86.5 Å². The Labute approximate surface area is 262 Å². The molecule has 0 unspecified atom stereocenters. The summed E-state index contributed by atoms with van der Waals surface area (Å²) in [6.45, 7) is 0. The third-order valence-electron chi connectivity index (χ3n) is 9.16. The fraction of sp³-hybridized carbons (Fsp3) is 0. The van der Waals surface area contributed by atoms with Crippen LogP contribution in [0.5, 0.6) is 0 Å². The van der Waals surface area contributed by atoms with Crippen LogP contribution >= 0.6 is 11.3 Å². The fourth-order valence-corrected chi connectivity index (χ4v) is 8.22. The molecule has 45 heavy (non-hydrogen) atoms. The van der Waals surface area contributed by atoms with E-state index in [9.17, 15) is 0 Å². The maximum absolute atomic E-state index is 5.01. The molecule has 4 heteroatoms. The summed E-state index contributed by atoms with van der Waals surface area (Å²) in [5.41, 5.74) is 9.39. The predicted molar refractivity (Wildman–Crippen MR) is 191 cm³/mol. The van der Waals surface area contributed by atoms with E-state index in [0.29, 0.717) is 0 Å². The Morgan fingerprint density at radius 2 is 0.978 bits per heavy atom. The van der Waals surface area contributed by atoms with E-state index in [0.717, 1.165) is 10.5 Å². The van der Waals surface area contributed by atoms with Crippen molar-refractivity contribution in [3.05, 3.63) is 152 Å². The molecule has 0 aliphatic carbocycles. The molecular formula is C41H25N3S. The van der Waals surface area contributed by atoms with E-state index >= 15 is 0 Å². The molecule has 0 aliphatic heterocycles. The smallest absolute Gasteiger partial charge is 0.125 e. The van der Waals surface area contributed by atoms with Crippen molar-refractivity contribution in [1.82, 2.24) is 14.1 Å². The molecule has 0 radical (unpaired) electrons. The highest BCUT2D eigenvalue weighted by atomic mass is 32.1. The van der Waals surface area contributed by atoms with Gasteiger partial charge in [0.1, 0.15) is 5.01 Å². The summed E-state index contributed by atoms with van der Waals surface area (Å²) < 4.78 is 6.05. The van der Waals surface area contributed by atoms with Gasteiger partial charge in [-0.3, -0.25) is 0 Å². The summed E-state index contributed by atoms with van der Waals surface area (Å²) >= 11 is 1.76. The van der Waals surface area contributed by atoms with Gasteiger partial charge >= 0.3 is 0 Å². The van der Waals surface area contributed by atoms with Crippen LogP contribution in [0.1, 0.15) is 0 Å². The maximum atomic E-state index is 5.01. The van der Waals surface area contributed by atoms with E-state index < -0.39 is 0 Å². The number of hydrogen-bond acceptors (Lipinski definition) is 2. The lowest BCUT2D eigenvalue weighted by molar-refractivity contribution is 1.17. The summed E-state index contributed by atoms with van der Waals surface area (Å²) in [6.07, 6.45) is 0. The highest BCUT2D eigenvalue weighted by Crippen LogP contribution is 2.41. The summed E-state index contributed by atoms with van der Waals surface area (Å²) in [5.74, 6) is 0. The van der Waals surface area contributed by atoms with Gasteiger partial charge in [-0.2, -0.15) is 0 Å². The average molecular weight is 592 g/mol. The van der Waals surface area contributed by atoms with Crippen molar-refractivity contribution in [2.45, 2.75) is 0 Å². The molecule has 7 aromatic carbocycles. The molecule has 0 aliphatic rings. The second-order valence-electron chi connectivity index (χ2n) is 11.6. The van der Waals surface area contributed by atoms with Gasteiger partial charge in [-0.05, 0) is 66.0 Å². The van der Waals surface area contributed by atoms with E-state index in [4.69, 9.17) is 4.98 Å². The fourth-order valence-electron chi connectivity index (χ4n) is 7.21. The zero-order valence-corrected chi connectivity index (χ0v) is 25.0. The van der Waals surface area contributed by atoms with Crippen molar-refractivity contribution in [3.8, 4) is 21.9 Å². The number of rotatable bonds is 3. The summed E-state index contributed by atoms with van der Waals surface area (Å²) in [7, 11) is 0. The van der Waals surface area contributed by atoms with E-state index in [1.54, 1.807) is 11.3 Å². The first-order valence-corrected chi connectivity index (χ1v) is 16.0. The maximum Gasteiger partial charge on any atom is 0.125 e. The second-order valence-corrected chi connectivity index (χ2v) is 12.6. The molecule has 0 spiro atoms. The van der Waals surface area contributed by atoms with Gasteiger partial charge in [-0.25, -0.2) is 4.98 Å². The van der Waals surface area contributed by atoms with Gasteiger partial charge in [0.2, 0.25) is 0 Å². The van der Waals surface area contributed by atoms with Crippen LogP contribution < -0.4 is 0 Å². The van der Waals surface area contributed by atoms with Gasteiger partial charge in [-0.15, -0.1) is 11.3 Å². The Morgan fingerprint density at radius 3 is 1.69 bits per heavy atom. The average Bonchev–Trinajstić information content (AvgIpc) is 3.78. The lowest BCUT2D eigenvalue weighted by atomic mass is 10.0. The van der Waals surface area contributed by atoms with Crippen LogP contribution in [0.3, 0.4) is 0 Å². The zero-order valence-electron chi connectivity index (χ0n) is 24.2. The normalized spacial score (nSPS) is 12.0. The molecule has 0 amide bonds. The van der Waals surface area contributed by atoms with E-state index in [1.807, 2.05) is 0 Å². The van der Waals surface area contributed by atoms with Gasteiger partial charge in [0.05, 0.1) is 38.0 Å². The Balaban J connectivity index is 1.23. The van der Waals surface area contributed by atoms with Crippen LogP contribution in [0, 0.1) is 0 Å². The molecule has 210 valence electrons. The van der Waals surface area contributed by atoms with Crippen LogP contribution in [-0.4, -0.2) is 14.1 Å². The molecule has 0 saturated carbocycles. The number of para-hydroxylation sites is 4. The minimum absolute atomic E-state index is 1.05. The molecule has 3 heterocycles. The third kappa shape index (κ3) is 3.54. The van der Waals surface area contributed by atoms with Gasteiger partial charge in [0.15, 0.2) is 0 Å². The van der Waals surface area contributed by atoms with Crippen molar-refractivity contribution in [3.63, 3.8) is 0 Å². The summed E-state index contributed by atoms with van der Waals surface area (Å²) in [5, 5.41) is 8.51. The Morgan fingerprint density at radius 1 is 0.422 bits per heavy atom. The molecule has 0 N–H and O–H groups in total. The predicted octanol–water partition coefficient (Wildman–Crippen LogP) is 11.3. The molecule has 10 aromatic rings. The summed E-state index contributed by atoms with van der Waals surface area (Å²) in [4.78, 5) is 5.01. The standard InChI is InChI=1S/C41H25N3S/c1-2-12-28-27(11-1)32(41-42-34-16-6-10-20-40(34)45-41)22-24-38(28)44-37-19-9-5-15-31(37)33-25-26(21-23-39(33)44)43-35-17-7-3-13-29(35)30-14-4-8-18-36(30)43/h1-25H. The molecular weight excluding hydrogens is 567 g/mol. The minimum Gasteiger partial charge on any atom is -0.309 e. The van der Waals surface area contributed by atoms with E-state index in [-0.39, 0.29) is 0 Å². The minimum atomic E-state index is 1.05. The van der Waals surface area contributed by atoms with Gasteiger partial charge < -0.3 is 9.13 Å². The number of hydrogen-bond donors (Lipinski definition) is 0. The van der Waals surface area contributed by atoms with E-state index in [1.165, 1.54) is 76.0 Å². The van der Waals surface area contributed by atoms with Crippen molar-refractivity contribution in [2.75, 3.05) is 0 Å². The molecule has 0 fully saturated rings. The lowest BCUT2D eigenvalue weighted by Crippen LogP contribution is -1.97. The highest BCUT2D eigenvalue weighted by molar-refractivity contribution is 7.21. The van der Waals surface area contributed by atoms with E-state index in [2.05, 4.69) is 161 Å². The first-order chi connectivity index (χ1) is 22.3. The summed E-state index contributed by atoms with van der Waals surface area (Å²) in [6, 6.07) is 54.8. The lowest BCUT2D eigenvalue weighted by Gasteiger charge is -2.14. The third-order valence-corrected chi connectivity index (χ3v) is 10.2. The van der Waals surface area contributed by atoms with Gasteiger partial charge in [-0.1, -0.05) is 91.0 Å². The largest absolute Gasteiger partial charge is 0.309 e. The molecule has 0 bridgehead atoms. The monoisotopic (exact) mass is 591 g/mol. The number of thiazole rings is 1. The van der Waals surface area contributed by atoms with Crippen LogP contribution in [0.2, 0.25) is 0 Å². The molecule has 0 atom stereocenters. The van der Waals surface area contributed by atoms with Crippen LogP contribution in [0.4, 0.5) is 0 Å². The molecule has 3 nitrogen and oxygen atoms in total. The topological polar surface area (TPSA) is 22.8 Å². The number of benzene rings is 7. The Kier molecular flexibility index (Phi) is 5.16. The molecule has 3 aromatic heterocycles. The molecule has 10 rings (SSSR count). The second kappa shape index (κ2) is 9.39. The van der Waals surface area contributed by atoms with Crippen molar-refractivity contribution >= 4 is 75.9 Å². The number of aromatic nitrogens is 3. The highest BCUT2D eigenvalue weighted by Gasteiger charge is 2.19. The first kappa shape index (κ1) is 24.7. The van der Waals surface area contributed by atoms with Gasteiger partial charge in [0.25, 0.3) is 0 Å². The van der Waals surface area contributed by atoms with Crippen molar-refractivity contribution in [1.29, 1.82) is 0 Å². The number of nitrogens with zero attached hydrogens (tertiary/aromatic N) is 3. The quantitative estimate of drug-likeness (QED) is 0.200. The zero-order chi connectivity index (χ0) is 29.5.